The predicted octanol–water partition coefficient (Wildman–Crippen LogP) is 3.13. The molecule has 0 bridgehead atoms. The Morgan fingerprint density at radius 3 is 2.71 bits per heavy atom. The Morgan fingerprint density at radius 2 is 2.07 bits per heavy atom. The first-order valence-corrected chi connectivity index (χ1v) is 9.07. The molecular weight excluding hydrogens is 366 g/mol. The van der Waals surface area contributed by atoms with Crippen molar-refractivity contribution in [3.05, 3.63) is 65.5 Å². The van der Waals surface area contributed by atoms with E-state index in [0.717, 1.165) is 18.2 Å². The van der Waals surface area contributed by atoms with Crippen molar-refractivity contribution in [2.45, 2.75) is 32.4 Å². The number of amides is 1. The molecule has 0 saturated carbocycles. The number of halogens is 2. The Bertz CT molecular complexity index is 889. The van der Waals surface area contributed by atoms with Crippen molar-refractivity contribution in [2.75, 3.05) is 6.54 Å². The SMILES string of the molecule is CC(C)C(=O)N1N=C(c2cc(F)ccc2F)OC1(CCCN)c1ccccn1. The highest BCUT2D eigenvalue weighted by Gasteiger charge is 2.51. The molecule has 1 aliphatic rings. The largest absolute Gasteiger partial charge is 0.441 e. The van der Waals surface area contributed by atoms with Crippen LogP contribution in [0, 0.1) is 17.6 Å². The van der Waals surface area contributed by atoms with Crippen LogP contribution in [0.1, 0.15) is 37.9 Å². The van der Waals surface area contributed by atoms with Gasteiger partial charge in [-0.25, -0.2) is 8.78 Å². The zero-order valence-electron chi connectivity index (χ0n) is 15.7. The molecule has 28 heavy (non-hydrogen) atoms. The van der Waals surface area contributed by atoms with Crippen LogP contribution in [0.4, 0.5) is 8.78 Å². The quantitative estimate of drug-likeness (QED) is 0.824. The molecule has 2 aromatic rings. The van der Waals surface area contributed by atoms with Crippen molar-refractivity contribution in [1.29, 1.82) is 0 Å². The number of rotatable bonds is 6. The lowest BCUT2D eigenvalue weighted by molar-refractivity contribution is -0.156. The number of carbonyl (C=O) groups is 1. The molecule has 1 aromatic carbocycles. The van der Waals surface area contributed by atoms with Gasteiger partial charge in [-0.15, -0.1) is 5.10 Å². The Kier molecular flexibility index (Phi) is 5.69. The summed E-state index contributed by atoms with van der Waals surface area (Å²) >= 11 is 0. The zero-order chi connectivity index (χ0) is 20.3. The topological polar surface area (TPSA) is 80.8 Å². The van der Waals surface area contributed by atoms with Crippen molar-refractivity contribution >= 4 is 11.8 Å². The summed E-state index contributed by atoms with van der Waals surface area (Å²) in [6.07, 6.45) is 2.37. The van der Waals surface area contributed by atoms with Gasteiger partial charge in [0.05, 0.1) is 5.56 Å². The Labute approximate surface area is 162 Å². The molecule has 0 aliphatic carbocycles. The maximum Gasteiger partial charge on any atom is 0.249 e. The molecule has 0 fully saturated rings. The van der Waals surface area contributed by atoms with E-state index in [2.05, 4.69) is 10.1 Å². The van der Waals surface area contributed by atoms with Gasteiger partial charge in [0.15, 0.2) is 0 Å². The smallest absolute Gasteiger partial charge is 0.249 e. The van der Waals surface area contributed by atoms with E-state index in [-0.39, 0.29) is 17.4 Å². The molecule has 8 heteroatoms. The van der Waals surface area contributed by atoms with E-state index in [9.17, 15) is 13.6 Å². The van der Waals surface area contributed by atoms with Crippen LogP contribution in [-0.2, 0) is 15.3 Å². The van der Waals surface area contributed by atoms with Crippen LogP contribution in [0.3, 0.4) is 0 Å². The Balaban J connectivity index is 2.15. The fourth-order valence-corrected chi connectivity index (χ4v) is 3.02. The molecule has 1 aliphatic heterocycles. The molecule has 1 amide bonds. The molecule has 0 radical (unpaired) electrons. The molecule has 2 N–H and O–H groups in total. The molecule has 0 saturated heterocycles. The van der Waals surface area contributed by atoms with E-state index in [1.807, 2.05) is 0 Å². The van der Waals surface area contributed by atoms with Gasteiger partial charge in [0.2, 0.25) is 17.5 Å². The van der Waals surface area contributed by atoms with Crippen LogP contribution in [0.2, 0.25) is 0 Å². The molecule has 1 atom stereocenters. The average molecular weight is 388 g/mol. The molecule has 6 nitrogen and oxygen atoms in total. The highest BCUT2D eigenvalue weighted by Crippen LogP contribution is 2.40. The molecular formula is C20H22F2N4O2. The van der Waals surface area contributed by atoms with Crippen molar-refractivity contribution in [1.82, 2.24) is 9.99 Å². The molecule has 0 spiro atoms. The fourth-order valence-electron chi connectivity index (χ4n) is 3.02. The van der Waals surface area contributed by atoms with E-state index in [1.165, 1.54) is 5.01 Å². The van der Waals surface area contributed by atoms with Gasteiger partial charge in [0, 0.05) is 18.5 Å². The van der Waals surface area contributed by atoms with Crippen molar-refractivity contribution < 1.29 is 18.3 Å². The Hall–Kier alpha value is -2.87. The number of carbonyl (C=O) groups excluding carboxylic acids is 1. The summed E-state index contributed by atoms with van der Waals surface area (Å²) in [6.45, 7) is 3.81. The predicted molar refractivity (Wildman–Crippen MR) is 99.9 cm³/mol. The molecule has 1 aromatic heterocycles. The molecule has 2 heterocycles. The van der Waals surface area contributed by atoms with Crippen LogP contribution in [0.25, 0.3) is 0 Å². The monoisotopic (exact) mass is 388 g/mol. The van der Waals surface area contributed by atoms with Gasteiger partial charge < -0.3 is 10.5 Å². The molecule has 148 valence electrons. The van der Waals surface area contributed by atoms with Crippen LogP contribution < -0.4 is 5.73 Å². The van der Waals surface area contributed by atoms with Gasteiger partial charge in [-0.3, -0.25) is 9.78 Å². The van der Waals surface area contributed by atoms with E-state index in [1.54, 1.807) is 38.2 Å². The third kappa shape index (κ3) is 3.60. The van der Waals surface area contributed by atoms with Gasteiger partial charge in [0.25, 0.3) is 0 Å². The summed E-state index contributed by atoms with van der Waals surface area (Å²) in [6, 6.07) is 8.19. The standard InChI is InChI=1S/C20H22F2N4O2/c1-13(2)19(27)26-20(9-5-10-23,17-6-3-4-11-24-17)28-18(25-26)15-12-14(21)7-8-16(15)22/h3-4,6-8,11-13H,5,9-10,23H2,1-2H3. The number of nitrogens with zero attached hydrogens (tertiary/aromatic N) is 3. The maximum absolute atomic E-state index is 14.3. The van der Waals surface area contributed by atoms with E-state index in [4.69, 9.17) is 10.5 Å². The van der Waals surface area contributed by atoms with Gasteiger partial charge in [-0.1, -0.05) is 19.9 Å². The first kappa shape index (κ1) is 19.9. The van der Waals surface area contributed by atoms with Crippen LogP contribution >= 0.6 is 0 Å². The lowest BCUT2D eigenvalue weighted by atomic mass is 10.00. The first-order valence-electron chi connectivity index (χ1n) is 9.07. The van der Waals surface area contributed by atoms with Crippen molar-refractivity contribution in [3.8, 4) is 0 Å². The van der Waals surface area contributed by atoms with Gasteiger partial charge in [-0.2, -0.15) is 5.01 Å². The summed E-state index contributed by atoms with van der Waals surface area (Å²) in [4.78, 5) is 17.3. The number of hydrogen-bond donors (Lipinski definition) is 1. The lowest BCUT2D eigenvalue weighted by Crippen LogP contribution is -2.47. The van der Waals surface area contributed by atoms with Crippen LogP contribution in [0.5, 0.6) is 0 Å². The zero-order valence-corrected chi connectivity index (χ0v) is 15.7. The summed E-state index contributed by atoms with van der Waals surface area (Å²) in [5.41, 5.74) is 4.59. The number of hydrazone groups is 1. The summed E-state index contributed by atoms with van der Waals surface area (Å²) in [5, 5.41) is 5.44. The van der Waals surface area contributed by atoms with Crippen molar-refractivity contribution in [2.24, 2.45) is 16.8 Å². The van der Waals surface area contributed by atoms with Gasteiger partial charge in [0.1, 0.15) is 17.3 Å². The minimum atomic E-state index is -1.38. The number of nitrogens with two attached hydrogens (primary N) is 1. The number of pyridine rings is 1. The second-order valence-corrected chi connectivity index (χ2v) is 6.83. The highest BCUT2D eigenvalue weighted by atomic mass is 19.1. The minimum absolute atomic E-state index is 0.160. The third-order valence-electron chi connectivity index (χ3n) is 4.44. The normalized spacial score (nSPS) is 18.9. The van der Waals surface area contributed by atoms with Crippen LogP contribution in [0.15, 0.2) is 47.7 Å². The van der Waals surface area contributed by atoms with Gasteiger partial charge in [-0.05, 0) is 43.3 Å². The van der Waals surface area contributed by atoms with Crippen LogP contribution in [-0.4, -0.2) is 28.3 Å². The summed E-state index contributed by atoms with van der Waals surface area (Å²) in [7, 11) is 0. The first-order chi connectivity index (χ1) is 13.4. The molecule has 1 unspecified atom stereocenters. The van der Waals surface area contributed by atoms with Crippen molar-refractivity contribution in [3.63, 3.8) is 0 Å². The van der Waals surface area contributed by atoms with E-state index in [0.29, 0.717) is 25.1 Å². The number of benzene rings is 1. The number of ether oxygens (including phenoxy) is 1. The summed E-state index contributed by atoms with van der Waals surface area (Å²) in [5.74, 6) is -2.23. The lowest BCUT2D eigenvalue weighted by Gasteiger charge is -2.35. The van der Waals surface area contributed by atoms with Gasteiger partial charge >= 0.3 is 0 Å². The second-order valence-electron chi connectivity index (χ2n) is 6.83. The Morgan fingerprint density at radius 1 is 1.29 bits per heavy atom. The average Bonchev–Trinajstić information content (AvgIpc) is 3.08. The highest BCUT2D eigenvalue weighted by molar-refractivity contribution is 5.97. The minimum Gasteiger partial charge on any atom is -0.441 e. The van der Waals surface area contributed by atoms with E-state index >= 15 is 0 Å². The van der Waals surface area contributed by atoms with E-state index < -0.39 is 23.3 Å². The maximum atomic E-state index is 14.3. The second kappa shape index (κ2) is 8.02. The fraction of sp³-hybridized carbons (Fsp3) is 0.350. The number of hydrogen-bond acceptors (Lipinski definition) is 5. The third-order valence-corrected chi connectivity index (χ3v) is 4.44. The number of aromatic nitrogens is 1. The molecule has 3 rings (SSSR count). The summed E-state index contributed by atoms with van der Waals surface area (Å²) < 4.78 is 34.1.